The van der Waals surface area contributed by atoms with Gasteiger partial charge in [0.1, 0.15) is 5.78 Å². The Morgan fingerprint density at radius 2 is 2.20 bits per heavy atom. The number of fused-ring (bicyclic) bond motifs is 1. The highest BCUT2D eigenvalue weighted by atomic mass is 16.1. The van der Waals surface area contributed by atoms with Gasteiger partial charge < -0.3 is 5.32 Å². The van der Waals surface area contributed by atoms with Crippen LogP contribution < -0.4 is 5.32 Å². The Morgan fingerprint density at radius 1 is 1.47 bits per heavy atom. The predicted octanol–water partition coefficient (Wildman–Crippen LogP) is 1.60. The first-order valence-electron chi connectivity index (χ1n) is 5.73. The number of Topliss-reactive ketones (excluding diaryl/α,β-unsaturated/α-hetero) is 1. The maximum Gasteiger partial charge on any atom is 0.149 e. The molecule has 2 bridgehead atoms. The highest BCUT2D eigenvalue weighted by molar-refractivity contribution is 5.85. The van der Waals surface area contributed by atoms with Gasteiger partial charge in [0, 0.05) is 17.4 Å². The van der Waals surface area contributed by atoms with Gasteiger partial charge in [0.2, 0.25) is 0 Å². The highest BCUT2D eigenvalue weighted by Gasteiger charge is 2.49. The fourth-order valence-electron chi connectivity index (χ4n) is 2.48. The molecule has 3 unspecified atom stereocenters. The zero-order chi connectivity index (χ0) is 11.1. The number of hydrogen-bond donors (Lipinski definition) is 1. The summed E-state index contributed by atoms with van der Waals surface area (Å²) in [5, 5.41) is 3.36. The van der Waals surface area contributed by atoms with Crippen molar-refractivity contribution in [2.45, 2.75) is 39.7 Å². The molecule has 15 heavy (non-hydrogen) atoms. The first-order valence-corrected chi connectivity index (χ1v) is 5.73. The van der Waals surface area contributed by atoms with Crippen molar-refractivity contribution in [1.29, 1.82) is 0 Å². The van der Waals surface area contributed by atoms with Crippen molar-refractivity contribution in [1.82, 2.24) is 5.32 Å². The quantitative estimate of drug-likeness (QED) is 0.694. The maximum atomic E-state index is 11.8. The van der Waals surface area contributed by atoms with Crippen LogP contribution in [-0.2, 0) is 4.79 Å². The summed E-state index contributed by atoms with van der Waals surface area (Å²) < 4.78 is 0. The summed E-state index contributed by atoms with van der Waals surface area (Å²) in [5.41, 5.74) is 0.0110. The second-order valence-electron chi connectivity index (χ2n) is 5.73. The maximum absolute atomic E-state index is 11.8. The molecule has 0 spiro atoms. The smallest absolute Gasteiger partial charge is 0.149 e. The van der Waals surface area contributed by atoms with E-state index in [1.165, 1.54) is 6.42 Å². The molecule has 0 aromatic rings. The summed E-state index contributed by atoms with van der Waals surface area (Å²) in [6.07, 6.45) is 1.64. The Morgan fingerprint density at radius 3 is 2.67 bits per heavy atom. The zero-order valence-electron chi connectivity index (χ0n) is 9.76. The predicted molar refractivity (Wildman–Crippen MR) is 60.2 cm³/mol. The van der Waals surface area contributed by atoms with E-state index in [1.807, 2.05) is 0 Å². The number of hydrogen-bond acceptors (Lipinski definition) is 2. The summed E-state index contributed by atoms with van der Waals surface area (Å²) in [5.74, 6) is 7.36. The fraction of sp³-hybridized carbons (Fsp3) is 0.769. The second-order valence-corrected chi connectivity index (χ2v) is 5.73. The van der Waals surface area contributed by atoms with E-state index in [9.17, 15) is 4.79 Å². The lowest BCUT2D eigenvalue weighted by Crippen LogP contribution is -2.42. The second kappa shape index (κ2) is 3.64. The van der Waals surface area contributed by atoms with Crippen LogP contribution in [0.15, 0.2) is 0 Å². The standard InChI is InChI=1S/C13H19NO/c1-13(2,3)6-4-5-11(15)12-9-7-10(12)14-8-9/h9-10,12,14H,5,7-8H2,1-3H3. The summed E-state index contributed by atoms with van der Waals surface area (Å²) in [7, 11) is 0. The first-order chi connectivity index (χ1) is 6.97. The van der Waals surface area contributed by atoms with Gasteiger partial charge in [0.05, 0.1) is 6.42 Å². The molecule has 1 saturated carbocycles. The van der Waals surface area contributed by atoms with Crippen molar-refractivity contribution < 1.29 is 4.79 Å². The Kier molecular flexibility index (Phi) is 2.60. The van der Waals surface area contributed by atoms with Crippen LogP contribution in [0.4, 0.5) is 0 Å². The number of carbonyl (C=O) groups is 1. The molecule has 3 fully saturated rings. The molecule has 82 valence electrons. The minimum absolute atomic E-state index is 0.0110. The normalized spacial score (nSPS) is 32.9. The van der Waals surface area contributed by atoms with Crippen molar-refractivity contribution in [2.24, 2.45) is 17.3 Å². The lowest BCUT2D eigenvalue weighted by atomic mass is 9.71. The minimum atomic E-state index is 0.0110. The number of nitrogens with one attached hydrogen (secondary N) is 1. The number of carbonyl (C=O) groups excluding carboxylic acids is 1. The topological polar surface area (TPSA) is 29.1 Å². The van der Waals surface area contributed by atoms with Crippen molar-refractivity contribution in [3.05, 3.63) is 0 Å². The van der Waals surface area contributed by atoms with Crippen molar-refractivity contribution in [3.8, 4) is 11.8 Å². The van der Waals surface area contributed by atoms with E-state index >= 15 is 0 Å². The van der Waals surface area contributed by atoms with Gasteiger partial charge in [-0.05, 0) is 39.7 Å². The van der Waals surface area contributed by atoms with Crippen LogP contribution in [0.5, 0.6) is 0 Å². The number of ketones is 1. The number of rotatable bonds is 2. The van der Waals surface area contributed by atoms with Crippen molar-refractivity contribution in [3.63, 3.8) is 0 Å². The molecule has 2 heteroatoms. The van der Waals surface area contributed by atoms with E-state index in [1.54, 1.807) is 0 Å². The van der Waals surface area contributed by atoms with Crippen LogP contribution >= 0.6 is 0 Å². The third-order valence-electron chi connectivity index (χ3n) is 3.24. The van der Waals surface area contributed by atoms with Gasteiger partial charge in [0.15, 0.2) is 0 Å². The summed E-state index contributed by atoms with van der Waals surface area (Å²) in [6.45, 7) is 7.24. The van der Waals surface area contributed by atoms with Crippen LogP contribution in [-0.4, -0.2) is 18.4 Å². The lowest BCUT2D eigenvalue weighted by Gasteiger charge is -2.32. The highest BCUT2D eigenvalue weighted by Crippen LogP contribution is 2.40. The Hall–Kier alpha value is -0.810. The van der Waals surface area contributed by atoms with Gasteiger partial charge in [-0.1, -0.05) is 11.8 Å². The SMILES string of the molecule is CC(C)(C)C#CCC(=O)C1C2CNC1C2. The van der Waals surface area contributed by atoms with Crippen molar-refractivity contribution in [2.75, 3.05) is 6.54 Å². The molecule has 2 nitrogen and oxygen atoms in total. The average molecular weight is 205 g/mol. The van der Waals surface area contributed by atoms with Gasteiger partial charge >= 0.3 is 0 Å². The van der Waals surface area contributed by atoms with Crippen molar-refractivity contribution >= 4 is 5.78 Å². The van der Waals surface area contributed by atoms with Crippen LogP contribution in [0, 0.1) is 29.1 Å². The molecular formula is C13H19NO. The summed E-state index contributed by atoms with van der Waals surface area (Å²) >= 11 is 0. The van der Waals surface area contributed by atoms with Crippen LogP contribution in [0.3, 0.4) is 0 Å². The van der Waals surface area contributed by atoms with Gasteiger partial charge in [0.25, 0.3) is 0 Å². The fourth-order valence-corrected chi connectivity index (χ4v) is 2.48. The molecule has 0 amide bonds. The van der Waals surface area contributed by atoms with E-state index in [-0.39, 0.29) is 11.3 Å². The largest absolute Gasteiger partial charge is 0.313 e. The molecule has 1 N–H and O–H groups in total. The van der Waals surface area contributed by atoms with E-state index in [0.717, 1.165) is 6.54 Å². The minimum Gasteiger partial charge on any atom is -0.313 e. The van der Waals surface area contributed by atoms with Crippen LogP contribution in [0.2, 0.25) is 0 Å². The van der Waals surface area contributed by atoms with Gasteiger partial charge in [-0.3, -0.25) is 4.79 Å². The molecule has 3 aliphatic rings. The molecule has 2 saturated heterocycles. The molecule has 0 aromatic carbocycles. The Labute approximate surface area is 91.8 Å². The third kappa shape index (κ3) is 2.23. The van der Waals surface area contributed by atoms with E-state index < -0.39 is 0 Å². The van der Waals surface area contributed by atoms with Gasteiger partial charge in [-0.15, -0.1) is 0 Å². The van der Waals surface area contributed by atoms with Gasteiger partial charge in [-0.25, -0.2) is 0 Å². The third-order valence-corrected chi connectivity index (χ3v) is 3.24. The summed E-state index contributed by atoms with van der Waals surface area (Å²) in [4.78, 5) is 11.8. The molecular weight excluding hydrogens is 186 g/mol. The molecule has 0 aromatic heterocycles. The lowest BCUT2D eigenvalue weighted by molar-refractivity contribution is -0.126. The Balaban J connectivity index is 1.85. The molecule has 2 aliphatic heterocycles. The van der Waals surface area contributed by atoms with E-state index in [4.69, 9.17) is 0 Å². The van der Waals surface area contributed by atoms with Crippen LogP contribution in [0.1, 0.15) is 33.6 Å². The molecule has 0 radical (unpaired) electrons. The molecule has 3 rings (SSSR count). The zero-order valence-corrected chi connectivity index (χ0v) is 9.76. The monoisotopic (exact) mass is 205 g/mol. The van der Waals surface area contributed by atoms with Crippen LogP contribution in [0.25, 0.3) is 0 Å². The summed E-state index contributed by atoms with van der Waals surface area (Å²) in [6, 6.07) is 0.471. The molecule has 2 heterocycles. The van der Waals surface area contributed by atoms with E-state index in [0.29, 0.717) is 24.2 Å². The average Bonchev–Trinajstić information content (AvgIpc) is 2.60. The first kappa shape index (κ1) is 10.7. The molecule has 3 atom stereocenters. The van der Waals surface area contributed by atoms with Gasteiger partial charge in [-0.2, -0.15) is 0 Å². The Bertz CT molecular complexity index is 315. The van der Waals surface area contributed by atoms with E-state index in [2.05, 4.69) is 37.9 Å². The molecule has 1 aliphatic carbocycles.